The molecule has 0 aromatic heterocycles. The Morgan fingerprint density at radius 1 is 0.957 bits per heavy atom. The molecule has 1 spiro atoms. The normalized spacial score (nSPS) is 45.4. The first-order chi connectivity index (χ1) is 22.5. The summed E-state index contributed by atoms with van der Waals surface area (Å²) in [5, 5.41) is 28.5. The number of para-hydroxylation sites is 1. The number of anilines is 1. The van der Waals surface area contributed by atoms with Gasteiger partial charge in [-0.15, -0.1) is 0 Å². The Hall–Kier alpha value is -2.13. The molecule has 5 unspecified atom stereocenters. The summed E-state index contributed by atoms with van der Waals surface area (Å²) >= 11 is 2.19. The molecule has 3 saturated heterocycles. The number of carbonyl (C=O) groups excluding carboxylic acids is 2. The van der Waals surface area contributed by atoms with Gasteiger partial charge in [0.15, 0.2) is 0 Å². The molecule has 2 aromatic rings. The monoisotopic (exact) mass is 758 g/mol. The van der Waals surface area contributed by atoms with E-state index in [0.717, 1.165) is 3.57 Å². The molecule has 7 bridgehead atoms. The predicted octanol–water partition coefficient (Wildman–Crippen LogP) is 4.02. The Bertz CT molecular complexity index is 1610. The van der Waals surface area contributed by atoms with Gasteiger partial charge in [-0.3, -0.25) is 9.69 Å². The topological polar surface area (TPSA) is 127 Å². The molecule has 252 valence electrons. The number of benzene rings is 2. The van der Waals surface area contributed by atoms with Crippen molar-refractivity contribution in [3.05, 3.63) is 63.2 Å². The van der Waals surface area contributed by atoms with Crippen LogP contribution in [-0.2, 0) is 18.9 Å². The number of carbonyl (C=O) groups is 2. The average molecular weight is 759 g/mol. The number of esters is 1. The lowest BCUT2D eigenvalue weighted by Crippen LogP contribution is -2.81. The highest BCUT2D eigenvalue weighted by atomic mass is 127. The SMILES string of the molecule is CO[C@H]1CC[C@]2(OC(=O)c3ccccc3NC(=O)c3ccc(I)cc3)C3CC4N([C@H]2C)C3(C1)C1C[C@@H]2[C@@H](OC)C[C@@]4(O)[C@@]1(O)[C@H]2OC. The van der Waals surface area contributed by atoms with Crippen molar-refractivity contribution < 1.29 is 38.7 Å². The summed E-state index contributed by atoms with van der Waals surface area (Å²) in [5.41, 5.74) is -3.24. The van der Waals surface area contributed by atoms with Gasteiger partial charge in [0, 0.05) is 72.3 Å². The van der Waals surface area contributed by atoms with E-state index >= 15 is 0 Å². The van der Waals surface area contributed by atoms with E-state index < -0.39 is 34.4 Å². The van der Waals surface area contributed by atoms with Crippen molar-refractivity contribution in [3.8, 4) is 0 Å². The van der Waals surface area contributed by atoms with Crippen LogP contribution in [-0.4, -0.2) is 101 Å². The third-order valence-corrected chi connectivity index (χ3v) is 14.1. The van der Waals surface area contributed by atoms with Gasteiger partial charge in [-0.25, -0.2) is 4.79 Å². The standard InChI is InChI=1S/C36H43IN2O8/c1-19-34(47-32(41)23-7-5-6-8-25(23)38-31(40)20-9-11-21(37)12-10-20)14-13-22(44-2)17-33-27(34)16-29(39(19)33)35(42)18-26(45-3)24-15-28(33)36(35,43)30(24)46-4/h5-12,19,22,24,26-30,42-43H,13-18H2,1-4H3,(H,38,40)/t19-,22-,24+,26-,27?,28?,29?,30-,33?,34+,35-,36-/m0/s1. The van der Waals surface area contributed by atoms with Crippen LogP contribution in [0, 0.1) is 21.3 Å². The maximum Gasteiger partial charge on any atom is 0.340 e. The maximum atomic E-state index is 14.4. The van der Waals surface area contributed by atoms with Crippen molar-refractivity contribution in [3.63, 3.8) is 0 Å². The van der Waals surface area contributed by atoms with Gasteiger partial charge in [-0.05, 0) is 98.0 Å². The van der Waals surface area contributed by atoms with Crippen molar-refractivity contribution >= 4 is 40.2 Å². The van der Waals surface area contributed by atoms with Crippen LogP contribution in [0.3, 0.4) is 0 Å². The lowest BCUT2D eigenvalue weighted by atomic mass is 9.58. The van der Waals surface area contributed by atoms with E-state index in [0.29, 0.717) is 49.8 Å². The molecule has 10 nitrogen and oxygen atoms in total. The summed E-state index contributed by atoms with van der Waals surface area (Å²) in [6.07, 6.45) is 2.57. The van der Waals surface area contributed by atoms with Gasteiger partial charge in [-0.2, -0.15) is 0 Å². The van der Waals surface area contributed by atoms with Gasteiger partial charge in [-0.1, -0.05) is 12.1 Å². The summed E-state index contributed by atoms with van der Waals surface area (Å²) in [7, 11) is 5.02. The van der Waals surface area contributed by atoms with E-state index in [2.05, 4.69) is 39.7 Å². The fourth-order valence-electron chi connectivity index (χ4n) is 11.7. The van der Waals surface area contributed by atoms with Crippen LogP contribution in [0.5, 0.6) is 0 Å². The van der Waals surface area contributed by atoms with E-state index in [-0.39, 0.29) is 53.5 Å². The molecule has 11 heteroatoms. The van der Waals surface area contributed by atoms with Crippen molar-refractivity contribution in [1.82, 2.24) is 4.90 Å². The van der Waals surface area contributed by atoms with Crippen molar-refractivity contribution in [1.29, 1.82) is 0 Å². The molecular formula is C36H43IN2O8. The van der Waals surface area contributed by atoms with Gasteiger partial charge in [0.25, 0.3) is 5.91 Å². The zero-order valence-electron chi connectivity index (χ0n) is 27.1. The highest BCUT2D eigenvalue weighted by Gasteiger charge is 2.89. The first-order valence-corrected chi connectivity index (χ1v) is 17.8. The van der Waals surface area contributed by atoms with Crippen molar-refractivity contribution in [2.24, 2.45) is 17.8 Å². The van der Waals surface area contributed by atoms with Gasteiger partial charge in [0.05, 0.1) is 29.6 Å². The number of piperidine rings is 2. The molecule has 2 aromatic carbocycles. The number of hydrogen-bond donors (Lipinski definition) is 3. The number of methoxy groups -OCH3 is 3. The summed E-state index contributed by atoms with van der Waals surface area (Å²) in [5.74, 6) is -1.36. The number of fused-ring (bicyclic) bond motifs is 2. The molecule has 3 saturated carbocycles. The van der Waals surface area contributed by atoms with Crippen LogP contribution in [0.15, 0.2) is 48.5 Å². The Labute approximate surface area is 288 Å². The number of hydrogen-bond acceptors (Lipinski definition) is 9. The van der Waals surface area contributed by atoms with Crippen LogP contribution >= 0.6 is 22.6 Å². The van der Waals surface area contributed by atoms with Crippen molar-refractivity contribution in [2.45, 2.75) is 98.2 Å². The van der Waals surface area contributed by atoms with Crippen LogP contribution in [0.2, 0.25) is 0 Å². The second-order valence-corrected chi connectivity index (χ2v) is 15.9. The second-order valence-electron chi connectivity index (χ2n) is 14.7. The van der Waals surface area contributed by atoms with Crippen LogP contribution in [0.4, 0.5) is 5.69 Å². The zero-order valence-corrected chi connectivity index (χ0v) is 29.3. The lowest BCUT2D eigenvalue weighted by molar-refractivity contribution is -0.310. The average Bonchev–Trinajstić information content (AvgIpc) is 3.55. The van der Waals surface area contributed by atoms with Crippen molar-refractivity contribution in [2.75, 3.05) is 26.6 Å². The van der Waals surface area contributed by atoms with Gasteiger partial charge in [0.1, 0.15) is 16.8 Å². The molecule has 3 heterocycles. The zero-order chi connectivity index (χ0) is 33.1. The Morgan fingerprint density at radius 3 is 2.40 bits per heavy atom. The minimum absolute atomic E-state index is 0.0744. The number of nitrogens with one attached hydrogen (secondary N) is 1. The number of nitrogens with zero attached hydrogens (tertiary/aromatic N) is 1. The summed E-state index contributed by atoms with van der Waals surface area (Å²) in [6.45, 7) is 2.11. The molecule has 47 heavy (non-hydrogen) atoms. The molecule has 3 aliphatic heterocycles. The maximum absolute atomic E-state index is 14.4. The third-order valence-electron chi connectivity index (χ3n) is 13.4. The molecule has 8 rings (SSSR count). The summed E-state index contributed by atoms with van der Waals surface area (Å²) in [4.78, 5) is 30.0. The molecule has 6 fully saturated rings. The fourth-order valence-corrected chi connectivity index (χ4v) is 12.0. The minimum atomic E-state index is -1.48. The molecule has 6 aliphatic rings. The number of amides is 1. The van der Waals surface area contributed by atoms with Crippen LogP contribution in [0.25, 0.3) is 0 Å². The van der Waals surface area contributed by atoms with Gasteiger partial charge >= 0.3 is 5.97 Å². The summed E-state index contributed by atoms with van der Waals surface area (Å²) < 4.78 is 25.9. The Kier molecular flexibility index (Phi) is 7.47. The van der Waals surface area contributed by atoms with E-state index in [4.69, 9.17) is 18.9 Å². The van der Waals surface area contributed by atoms with E-state index in [1.54, 1.807) is 57.7 Å². The molecular weight excluding hydrogens is 715 g/mol. The third kappa shape index (κ3) is 3.99. The number of rotatable bonds is 7. The number of aliphatic hydroxyl groups is 2. The first kappa shape index (κ1) is 32.1. The quantitative estimate of drug-likeness (QED) is 0.284. The second kappa shape index (κ2) is 10.9. The molecule has 3 aliphatic carbocycles. The van der Waals surface area contributed by atoms with E-state index in [1.165, 1.54) is 0 Å². The molecule has 3 N–H and O–H groups in total. The van der Waals surface area contributed by atoms with E-state index in [1.807, 2.05) is 12.1 Å². The van der Waals surface area contributed by atoms with Gasteiger partial charge in [0.2, 0.25) is 0 Å². The largest absolute Gasteiger partial charge is 0.453 e. The highest BCUT2D eigenvalue weighted by molar-refractivity contribution is 14.1. The molecule has 0 radical (unpaired) electrons. The molecule has 13 atom stereocenters. The Balaban J connectivity index is 1.18. The smallest absolute Gasteiger partial charge is 0.340 e. The van der Waals surface area contributed by atoms with Crippen LogP contribution in [0.1, 0.15) is 66.2 Å². The predicted molar refractivity (Wildman–Crippen MR) is 180 cm³/mol. The van der Waals surface area contributed by atoms with Gasteiger partial charge < -0.3 is 34.5 Å². The van der Waals surface area contributed by atoms with E-state index in [9.17, 15) is 19.8 Å². The number of halogens is 1. The fraction of sp³-hybridized carbons (Fsp3) is 0.611. The lowest BCUT2D eigenvalue weighted by Gasteiger charge is -2.64. The first-order valence-electron chi connectivity index (χ1n) is 16.7. The Morgan fingerprint density at radius 2 is 1.70 bits per heavy atom. The van der Waals surface area contributed by atoms with Crippen LogP contribution < -0.4 is 5.32 Å². The number of ether oxygens (including phenoxy) is 4. The summed E-state index contributed by atoms with van der Waals surface area (Å²) in [6, 6.07) is 13.6. The molecule has 1 amide bonds. The highest BCUT2D eigenvalue weighted by Crippen LogP contribution is 2.76. The minimum Gasteiger partial charge on any atom is -0.453 e.